The molecule has 0 atom stereocenters. The summed E-state index contributed by atoms with van der Waals surface area (Å²) in [5.74, 6) is 0.770. The topological polar surface area (TPSA) is 31.2 Å². The Balaban J connectivity index is 2.36. The molecule has 0 aliphatic carbocycles. The van der Waals surface area contributed by atoms with Crippen molar-refractivity contribution in [3.05, 3.63) is 59.8 Å². The Morgan fingerprint density at radius 2 is 1.89 bits per heavy atom. The largest absolute Gasteiger partial charge is 0.496 e. The molecule has 0 fully saturated rings. The number of aromatic nitrogens is 1. The Morgan fingerprint density at radius 3 is 2.53 bits per heavy atom. The summed E-state index contributed by atoms with van der Waals surface area (Å²) in [4.78, 5) is 12.0. The molecule has 1 heterocycles. The zero-order chi connectivity index (χ0) is 14.0. The van der Waals surface area contributed by atoms with Gasteiger partial charge < -0.3 is 9.30 Å². The van der Waals surface area contributed by atoms with Gasteiger partial charge in [0.05, 0.1) is 22.6 Å². The summed E-state index contributed by atoms with van der Waals surface area (Å²) < 4.78 is 9.08. The van der Waals surface area contributed by atoms with Crippen molar-refractivity contribution < 1.29 is 4.74 Å². The number of hydrogen-bond acceptors (Lipinski definition) is 2. The maximum atomic E-state index is 12.0. The minimum absolute atomic E-state index is 0.0601. The maximum absolute atomic E-state index is 12.0. The van der Waals surface area contributed by atoms with Gasteiger partial charge in [-0.1, -0.05) is 6.07 Å². The Kier molecular flexibility index (Phi) is 4.86. The number of pyridine rings is 1. The van der Waals surface area contributed by atoms with Crippen LogP contribution in [0.3, 0.4) is 0 Å². The highest BCUT2D eigenvalue weighted by atomic mass is 79.9. The first-order valence-corrected chi connectivity index (χ1v) is 7.77. The van der Waals surface area contributed by atoms with Gasteiger partial charge in [0.2, 0.25) is 0 Å². The third-order valence-electron chi connectivity index (χ3n) is 2.58. The van der Waals surface area contributed by atoms with E-state index in [4.69, 9.17) is 4.74 Å². The molecule has 100 valence electrons. The fourth-order valence-electron chi connectivity index (χ4n) is 1.69. The molecular formula is C13H10Br3NO2. The second-order valence-corrected chi connectivity index (χ2v) is 6.53. The number of ether oxygens (including phenoxy) is 1. The van der Waals surface area contributed by atoms with E-state index in [9.17, 15) is 4.79 Å². The third kappa shape index (κ3) is 3.49. The minimum Gasteiger partial charge on any atom is -0.496 e. The van der Waals surface area contributed by atoms with Gasteiger partial charge in [-0.05, 0) is 71.6 Å². The van der Waals surface area contributed by atoms with Crippen LogP contribution >= 0.6 is 47.8 Å². The van der Waals surface area contributed by atoms with Crippen LogP contribution in [0.4, 0.5) is 0 Å². The van der Waals surface area contributed by atoms with Crippen molar-refractivity contribution in [2.24, 2.45) is 0 Å². The average molecular weight is 452 g/mol. The van der Waals surface area contributed by atoms with E-state index in [0.29, 0.717) is 11.0 Å². The minimum atomic E-state index is -0.0601. The fraction of sp³-hybridized carbons (Fsp3) is 0.154. The van der Waals surface area contributed by atoms with Crippen molar-refractivity contribution in [1.29, 1.82) is 0 Å². The summed E-state index contributed by atoms with van der Waals surface area (Å²) in [6.07, 6.45) is 1.77. The molecule has 0 aliphatic rings. The lowest BCUT2D eigenvalue weighted by Crippen LogP contribution is -2.20. The molecule has 1 aromatic heterocycles. The van der Waals surface area contributed by atoms with Crippen LogP contribution in [0.1, 0.15) is 5.56 Å². The molecule has 0 spiro atoms. The molecule has 0 saturated carbocycles. The van der Waals surface area contributed by atoms with Crippen LogP contribution < -0.4 is 10.3 Å². The van der Waals surface area contributed by atoms with E-state index in [1.165, 1.54) is 0 Å². The Bertz CT molecular complexity index is 667. The highest BCUT2D eigenvalue weighted by Gasteiger charge is 2.06. The van der Waals surface area contributed by atoms with Crippen LogP contribution in [0.5, 0.6) is 5.75 Å². The van der Waals surface area contributed by atoms with Crippen LogP contribution in [0.2, 0.25) is 0 Å². The van der Waals surface area contributed by atoms with Gasteiger partial charge in [0.1, 0.15) is 5.75 Å². The zero-order valence-corrected chi connectivity index (χ0v) is 14.7. The standard InChI is InChI=1S/C13H10Br3NO2/c1-19-12-3-2-8(4-10(12)15)6-17-7-9(14)5-11(16)13(17)18/h2-5,7H,6H2,1H3. The molecular weight excluding hydrogens is 442 g/mol. The molecule has 1 aromatic carbocycles. The Labute approximate surface area is 136 Å². The molecule has 0 unspecified atom stereocenters. The number of halogens is 3. The van der Waals surface area contributed by atoms with E-state index >= 15 is 0 Å². The van der Waals surface area contributed by atoms with E-state index in [0.717, 1.165) is 20.3 Å². The highest BCUT2D eigenvalue weighted by Crippen LogP contribution is 2.26. The SMILES string of the molecule is COc1ccc(Cn2cc(Br)cc(Br)c2=O)cc1Br. The lowest BCUT2D eigenvalue weighted by molar-refractivity contribution is 0.412. The highest BCUT2D eigenvalue weighted by molar-refractivity contribution is 9.11. The van der Waals surface area contributed by atoms with E-state index in [-0.39, 0.29) is 5.56 Å². The molecule has 3 nitrogen and oxygen atoms in total. The summed E-state index contributed by atoms with van der Waals surface area (Å²) >= 11 is 10.1. The van der Waals surface area contributed by atoms with Crippen molar-refractivity contribution in [3.63, 3.8) is 0 Å². The second kappa shape index (κ2) is 6.24. The number of benzene rings is 1. The summed E-state index contributed by atoms with van der Waals surface area (Å²) in [5, 5.41) is 0. The van der Waals surface area contributed by atoms with Crippen LogP contribution in [-0.4, -0.2) is 11.7 Å². The van der Waals surface area contributed by atoms with Gasteiger partial charge in [-0.15, -0.1) is 0 Å². The molecule has 0 bridgehead atoms. The summed E-state index contributed by atoms with van der Waals surface area (Å²) in [6.45, 7) is 0.499. The van der Waals surface area contributed by atoms with Gasteiger partial charge in [-0.3, -0.25) is 4.79 Å². The second-order valence-electron chi connectivity index (χ2n) is 3.91. The summed E-state index contributed by atoms with van der Waals surface area (Å²) in [6, 6.07) is 7.49. The van der Waals surface area contributed by atoms with Gasteiger partial charge in [0, 0.05) is 10.7 Å². The molecule has 0 radical (unpaired) electrons. The first kappa shape index (κ1) is 14.8. The van der Waals surface area contributed by atoms with Crippen molar-refractivity contribution in [3.8, 4) is 5.75 Å². The van der Waals surface area contributed by atoms with Crippen LogP contribution in [0, 0.1) is 0 Å². The summed E-state index contributed by atoms with van der Waals surface area (Å²) in [5.41, 5.74) is 0.954. The van der Waals surface area contributed by atoms with E-state index < -0.39 is 0 Å². The maximum Gasteiger partial charge on any atom is 0.265 e. The first-order valence-electron chi connectivity index (χ1n) is 5.39. The summed E-state index contributed by atoms with van der Waals surface area (Å²) in [7, 11) is 1.62. The Morgan fingerprint density at radius 1 is 1.16 bits per heavy atom. The van der Waals surface area contributed by atoms with Crippen molar-refractivity contribution in [2.45, 2.75) is 6.54 Å². The molecule has 19 heavy (non-hydrogen) atoms. The smallest absolute Gasteiger partial charge is 0.265 e. The fourth-order valence-corrected chi connectivity index (χ4v) is 3.53. The van der Waals surface area contributed by atoms with E-state index in [1.807, 2.05) is 18.2 Å². The molecule has 2 rings (SSSR count). The van der Waals surface area contributed by atoms with Crippen LogP contribution in [-0.2, 0) is 6.54 Å². The molecule has 0 saturated heterocycles. The number of methoxy groups -OCH3 is 1. The third-order valence-corrected chi connectivity index (χ3v) is 4.20. The van der Waals surface area contributed by atoms with Crippen molar-refractivity contribution in [2.75, 3.05) is 7.11 Å². The predicted molar refractivity (Wildman–Crippen MR) is 85.9 cm³/mol. The van der Waals surface area contributed by atoms with Crippen molar-refractivity contribution >= 4 is 47.8 Å². The lowest BCUT2D eigenvalue weighted by atomic mass is 10.2. The van der Waals surface area contributed by atoms with Gasteiger partial charge in [-0.2, -0.15) is 0 Å². The van der Waals surface area contributed by atoms with E-state index in [2.05, 4.69) is 47.8 Å². The Hall–Kier alpha value is -0.590. The lowest BCUT2D eigenvalue weighted by Gasteiger charge is -2.09. The van der Waals surface area contributed by atoms with Gasteiger partial charge in [-0.25, -0.2) is 0 Å². The zero-order valence-electron chi connectivity index (χ0n) is 9.99. The first-order chi connectivity index (χ1) is 9.01. The van der Waals surface area contributed by atoms with Crippen LogP contribution in [0.25, 0.3) is 0 Å². The average Bonchev–Trinajstić information content (AvgIpc) is 2.35. The molecule has 0 N–H and O–H groups in total. The molecule has 2 aromatic rings. The normalized spacial score (nSPS) is 10.5. The van der Waals surface area contributed by atoms with E-state index in [1.54, 1.807) is 23.9 Å². The monoisotopic (exact) mass is 449 g/mol. The van der Waals surface area contributed by atoms with Gasteiger partial charge in [0.25, 0.3) is 5.56 Å². The predicted octanol–water partition coefficient (Wildman–Crippen LogP) is 4.19. The molecule has 6 heteroatoms. The molecule has 0 aliphatic heterocycles. The molecule has 0 amide bonds. The number of rotatable bonds is 3. The number of hydrogen-bond donors (Lipinski definition) is 0. The van der Waals surface area contributed by atoms with Gasteiger partial charge in [0.15, 0.2) is 0 Å². The van der Waals surface area contributed by atoms with Gasteiger partial charge >= 0.3 is 0 Å². The van der Waals surface area contributed by atoms with Crippen molar-refractivity contribution in [1.82, 2.24) is 4.57 Å². The quantitative estimate of drug-likeness (QED) is 0.700. The number of nitrogens with zero attached hydrogens (tertiary/aromatic N) is 1. The van der Waals surface area contributed by atoms with Crippen LogP contribution in [0.15, 0.2) is 48.7 Å².